The Hall–Kier alpha value is -2.37. The number of piperidine rings is 1. The Labute approximate surface area is 155 Å². The average molecular weight is 352 g/mol. The molecular formula is C20H28N6. The van der Waals surface area contributed by atoms with E-state index in [2.05, 4.69) is 49.2 Å². The van der Waals surface area contributed by atoms with Crippen LogP contribution in [0.15, 0.2) is 35.3 Å². The molecule has 0 saturated carbocycles. The van der Waals surface area contributed by atoms with Crippen molar-refractivity contribution in [2.45, 2.75) is 45.6 Å². The second-order valence-electron chi connectivity index (χ2n) is 7.38. The molecule has 1 atom stereocenters. The van der Waals surface area contributed by atoms with Crippen LogP contribution in [0.25, 0.3) is 0 Å². The number of nitrogens with one attached hydrogen (secondary N) is 1. The molecule has 138 valence electrons. The normalized spacial score (nSPS) is 20.7. The van der Waals surface area contributed by atoms with E-state index in [1.165, 1.54) is 19.3 Å². The third-order valence-corrected chi connectivity index (χ3v) is 5.41. The van der Waals surface area contributed by atoms with E-state index in [1.807, 2.05) is 13.0 Å². The van der Waals surface area contributed by atoms with Gasteiger partial charge in [0.05, 0.1) is 0 Å². The van der Waals surface area contributed by atoms with E-state index in [0.29, 0.717) is 5.92 Å². The minimum absolute atomic E-state index is 0.551. The lowest BCUT2D eigenvalue weighted by Crippen LogP contribution is -2.40. The molecule has 0 aliphatic carbocycles. The highest BCUT2D eigenvalue weighted by Gasteiger charge is 2.22. The lowest BCUT2D eigenvalue weighted by atomic mass is 9.99. The van der Waals surface area contributed by atoms with Gasteiger partial charge >= 0.3 is 0 Å². The number of rotatable bonds is 3. The van der Waals surface area contributed by atoms with Crippen LogP contribution < -0.4 is 5.32 Å². The fourth-order valence-corrected chi connectivity index (χ4v) is 3.87. The second-order valence-corrected chi connectivity index (χ2v) is 7.38. The maximum atomic E-state index is 5.03. The van der Waals surface area contributed by atoms with E-state index in [4.69, 9.17) is 4.99 Å². The molecule has 1 N–H and O–H groups in total. The van der Waals surface area contributed by atoms with E-state index < -0.39 is 0 Å². The highest BCUT2D eigenvalue weighted by molar-refractivity contribution is 5.93. The van der Waals surface area contributed by atoms with Crippen LogP contribution in [0.3, 0.4) is 0 Å². The lowest BCUT2D eigenvalue weighted by Gasteiger charge is -2.31. The minimum atomic E-state index is 0.551. The molecule has 0 spiro atoms. The number of fused-ring (bicyclic) bond motifs is 1. The summed E-state index contributed by atoms with van der Waals surface area (Å²) < 4.78 is 2.26. The van der Waals surface area contributed by atoms with Crippen molar-refractivity contribution < 1.29 is 0 Å². The zero-order valence-corrected chi connectivity index (χ0v) is 15.6. The van der Waals surface area contributed by atoms with Crippen LogP contribution in [0.2, 0.25) is 0 Å². The number of hydrogen-bond donors (Lipinski definition) is 1. The first-order valence-corrected chi connectivity index (χ1v) is 9.80. The molecule has 1 saturated heterocycles. The van der Waals surface area contributed by atoms with Crippen LogP contribution in [0.4, 0.5) is 5.69 Å². The van der Waals surface area contributed by atoms with E-state index in [-0.39, 0.29) is 0 Å². The van der Waals surface area contributed by atoms with Gasteiger partial charge in [0.2, 0.25) is 0 Å². The van der Waals surface area contributed by atoms with Gasteiger partial charge in [-0.2, -0.15) is 0 Å². The summed E-state index contributed by atoms with van der Waals surface area (Å²) in [6.45, 7) is 6.06. The minimum Gasteiger partial charge on any atom is -0.343 e. The Kier molecular flexibility index (Phi) is 5.18. The fraction of sp³-hybridized carbons (Fsp3) is 0.550. The predicted octanol–water partition coefficient (Wildman–Crippen LogP) is 3.10. The number of aryl methyl sites for hydroxylation is 2. The highest BCUT2D eigenvalue weighted by atomic mass is 15.3. The van der Waals surface area contributed by atoms with Gasteiger partial charge in [0, 0.05) is 38.3 Å². The second kappa shape index (κ2) is 7.89. The van der Waals surface area contributed by atoms with Gasteiger partial charge in [0.25, 0.3) is 0 Å². The number of benzene rings is 1. The van der Waals surface area contributed by atoms with E-state index in [1.54, 1.807) is 0 Å². The molecule has 1 fully saturated rings. The maximum absolute atomic E-state index is 5.03. The molecule has 1 aromatic carbocycles. The largest absolute Gasteiger partial charge is 0.343 e. The van der Waals surface area contributed by atoms with Crippen LogP contribution in [0, 0.1) is 12.8 Å². The van der Waals surface area contributed by atoms with Crippen LogP contribution in [0.5, 0.6) is 0 Å². The van der Waals surface area contributed by atoms with E-state index >= 15 is 0 Å². The molecule has 26 heavy (non-hydrogen) atoms. The Morgan fingerprint density at radius 1 is 1.15 bits per heavy atom. The number of likely N-dealkylation sites (tertiary alicyclic amines) is 1. The lowest BCUT2D eigenvalue weighted by molar-refractivity contribution is 0.335. The third-order valence-electron chi connectivity index (χ3n) is 5.41. The Morgan fingerprint density at radius 3 is 2.77 bits per heavy atom. The van der Waals surface area contributed by atoms with Gasteiger partial charge in [-0.1, -0.05) is 18.2 Å². The van der Waals surface area contributed by atoms with Gasteiger partial charge in [-0.3, -0.25) is 4.99 Å². The van der Waals surface area contributed by atoms with Gasteiger partial charge < -0.3 is 14.8 Å². The Bertz CT molecular complexity index is 745. The molecule has 1 unspecified atom stereocenters. The first kappa shape index (κ1) is 17.1. The highest BCUT2D eigenvalue weighted by Crippen LogP contribution is 2.21. The number of guanidine groups is 1. The van der Waals surface area contributed by atoms with Gasteiger partial charge in [-0.05, 0) is 50.7 Å². The summed E-state index contributed by atoms with van der Waals surface area (Å²) in [6, 6.07) is 10.4. The number of nitrogens with zero attached hydrogens (tertiary/aromatic N) is 5. The molecule has 0 bridgehead atoms. The van der Waals surface area contributed by atoms with Crippen molar-refractivity contribution in [1.29, 1.82) is 0 Å². The molecule has 2 aliphatic heterocycles. The summed E-state index contributed by atoms with van der Waals surface area (Å²) in [5, 5.41) is 12.0. The van der Waals surface area contributed by atoms with Crippen LogP contribution in [0.1, 0.15) is 37.3 Å². The van der Waals surface area contributed by atoms with Crippen molar-refractivity contribution in [3.63, 3.8) is 0 Å². The van der Waals surface area contributed by atoms with Crippen molar-refractivity contribution in [1.82, 2.24) is 19.7 Å². The number of anilines is 1. The molecule has 6 heteroatoms. The van der Waals surface area contributed by atoms with Crippen molar-refractivity contribution >= 4 is 11.6 Å². The molecule has 6 nitrogen and oxygen atoms in total. The van der Waals surface area contributed by atoms with Crippen molar-refractivity contribution in [2.24, 2.45) is 10.9 Å². The molecular weight excluding hydrogens is 324 g/mol. The summed E-state index contributed by atoms with van der Waals surface area (Å²) >= 11 is 0. The standard InChI is InChI=1S/C20H28N6/c1-16-23-24-19-11-10-17(15-26(16)19)14-21-20(25-12-6-3-7-13-25)22-18-8-4-2-5-9-18/h2,4-5,8-9,17H,3,6-7,10-15H2,1H3,(H,21,22). The van der Waals surface area contributed by atoms with Crippen molar-refractivity contribution in [2.75, 3.05) is 25.0 Å². The summed E-state index contributed by atoms with van der Waals surface area (Å²) in [4.78, 5) is 7.44. The van der Waals surface area contributed by atoms with E-state index in [0.717, 1.165) is 62.3 Å². The maximum Gasteiger partial charge on any atom is 0.198 e. The first-order chi connectivity index (χ1) is 12.8. The SMILES string of the molecule is Cc1nnc2n1CC(CN=C(Nc1ccccc1)N1CCCCC1)CC2. The summed E-state index contributed by atoms with van der Waals surface area (Å²) in [7, 11) is 0. The monoisotopic (exact) mass is 352 g/mol. The van der Waals surface area contributed by atoms with Crippen molar-refractivity contribution in [3.05, 3.63) is 42.0 Å². The zero-order chi connectivity index (χ0) is 17.8. The Morgan fingerprint density at radius 2 is 1.96 bits per heavy atom. The smallest absolute Gasteiger partial charge is 0.198 e. The number of aliphatic imine (C=N–C) groups is 1. The fourth-order valence-electron chi connectivity index (χ4n) is 3.87. The summed E-state index contributed by atoms with van der Waals surface area (Å²) in [5.74, 6) is 3.73. The molecule has 4 rings (SSSR count). The van der Waals surface area contributed by atoms with Gasteiger partial charge in [0.1, 0.15) is 11.6 Å². The molecule has 2 aromatic rings. The first-order valence-electron chi connectivity index (χ1n) is 9.80. The predicted molar refractivity (Wildman–Crippen MR) is 104 cm³/mol. The number of hydrogen-bond acceptors (Lipinski definition) is 3. The van der Waals surface area contributed by atoms with Crippen LogP contribution in [-0.4, -0.2) is 45.3 Å². The number of aromatic nitrogens is 3. The molecule has 0 amide bonds. The van der Waals surface area contributed by atoms with Crippen LogP contribution >= 0.6 is 0 Å². The number of para-hydroxylation sites is 1. The molecule has 2 aliphatic rings. The molecule has 1 aromatic heterocycles. The summed E-state index contributed by atoms with van der Waals surface area (Å²) in [5.41, 5.74) is 1.11. The van der Waals surface area contributed by atoms with Gasteiger partial charge in [-0.25, -0.2) is 0 Å². The molecule has 3 heterocycles. The Balaban J connectivity index is 1.47. The third kappa shape index (κ3) is 3.89. The van der Waals surface area contributed by atoms with Gasteiger partial charge in [0.15, 0.2) is 5.96 Å². The quantitative estimate of drug-likeness (QED) is 0.681. The van der Waals surface area contributed by atoms with Crippen LogP contribution in [-0.2, 0) is 13.0 Å². The van der Waals surface area contributed by atoms with Gasteiger partial charge in [-0.15, -0.1) is 10.2 Å². The van der Waals surface area contributed by atoms with E-state index in [9.17, 15) is 0 Å². The molecule has 0 radical (unpaired) electrons. The summed E-state index contributed by atoms with van der Waals surface area (Å²) in [6.07, 6.45) is 5.98. The average Bonchev–Trinajstić information content (AvgIpc) is 3.07. The zero-order valence-electron chi connectivity index (χ0n) is 15.6. The van der Waals surface area contributed by atoms with Crippen molar-refractivity contribution in [3.8, 4) is 0 Å². The topological polar surface area (TPSA) is 58.3 Å².